The normalized spacial score (nSPS) is 13.4. The van der Waals surface area contributed by atoms with Gasteiger partial charge < -0.3 is 0 Å². The summed E-state index contributed by atoms with van der Waals surface area (Å²) >= 11 is 1.20. The molecule has 1 atom stereocenters. The SMILES string of the molecule is CCC(C#N)NS(=O)(=O)c1ccc(C)s1. The lowest BCUT2D eigenvalue weighted by molar-refractivity contribution is 0.571. The third kappa shape index (κ3) is 3.02. The van der Waals surface area contributed by atoms with Gasteiger partial charge in [0.15, 0.2) is 0 Å². The summed E-state index contributed by atoms with van der Waals surface area (Å²) in [7, 11) is -3.52. The first-order chi connectivity index (χ1) is 6.99. The van der Waals surface area contributed by atoms with Crippen molar-refractivity contribution in [3.05, 3.63) is 17.0 Å². The number of nitrogens with zero attached hydrogens (tertiary/aromatic N) is 1. The molecule has 1 N–H and O–H groups in total. The minimum Gasteiger partial charge on any atom is -0.206 e. The fraction of sp³-hybridized carbons (Fsp3) is 0.444. The molecular weight excluding hydrogens is 232 g/mol. The summed E-state index contributed by atoms with van der Waals surface area (Å²) in [6, 6.07) is 4.53. The van der Waals surface area contributed by atoms with Crippen LogP contribution in [0.25, 0.3) is 0 Å². The predicted molar refractivity (Wildman–Crippen MR) is 59.1 cm³/mol. The summed E-state index contributed by atoms with van der Waals surface area (Å²) < 4.78 is 26.0. The van der Waals surface area contributed by atoms with Crippen molar-refractivity contribution in [2.75, 3.05) is 0 Å². The molecule has 15 heavy (non-hydrogen) atoms. The van der Waals surface area contributed by atoms with E-state index in [4.69, 9.17) is 5.26 Å². The first-order valence-corrected chi connectivity index (χ1v) is 6.78. The summed E-state index contributed by atoms with van der Waals surface area (Å²) in [4.78, 5) is 0.931. The molecule has 0 saturated heterocycles. The zero-order valence-corrected chi connectivity index (χ0v) is 10.2. The molecule has 0 bridgehead atoms. The highest BCUT2D eigenvalue weighted by molar-refractivity contribution is 7.91. The lowest BCUT2D eigenvalue weighted by Crippen LogP contribution is -2.32. The van der Waals surface area contributed by atoms with Crippen LogP contribution in [0.2, 0.25) is 0 Å². The van der Waals surface area contributed by atoms with Gasteiger partial charge in [-0.05, 0) is 25.5 Å². The van der Waals surface area contributed by atoms with Crippen molar-refractivity contribution in [2.24, 2.45) is 0 Å². The van der Waals surface area contributed by atoms with Gasteiger partial charge in [-0.15, -0.1) is 11.3 Å². The Hall–Kier alpha value is -0.900. The van der Waals surface area contributed by atoms with Crippen molar-refractivity contribution in [3.63, 3.8) is 0 Å². The maximum Gasteiger partial charge on any atom is 0.251 e. The lowest BCUT2D eigenvalue weighted by atomic mass is 10.3. The maximum atomic E-state index is 11.7. The van der Waals surface area contributed by atoms with Gasteiger partial charge in [0.25, 0.3) is 10.0 Å². The molecule has 0 spiro atoms. The lowest BCUT2D eigenvalue weighted by Gasteiger charge is -2.07. The number of sulfonamides is 1. The van der Waals surface area contributed by atoms with Gasteiger partial charge in [-0.25, -0.2) is 8.42 Å². The van der Waals surface area contributed by atoms with Crippen LogP contribution in [-0.2, 0) is 10.0 Å². The highest BCUT2D eigenvalue weighted by atomic mass is 32.2. The van der Waals surface area contributed by atoms with Crippen LogP contribution in [-0.4, -0.2) is 14.5 Å². The Bertz CT molecular complexity index is 471. The van der Waals surface area contributed by atoms with Crippen LogP contribution in [0.15, 0.2) is 16.3 Å². The quantitative estimate of drug-likeness (QED) is 0.875. The molecule has 1 rings (SSSR count). The average Bonchev–Trinajstić information content (AvgIpc) is 2.62. The van der Waals surface area contributed by atoms with E-state index in [9.17, 15) is 8.42 Å². The Morgan fingerprint density at radius 1 is 1.60 bits per heavy atom. The molecule has 1 heterocycles. The van der Waals surface area contributed by atoms with Crippen LogP contribution >= 0.6 is 11.3 Å². The van der Waals surface area contributed by atoms with Crippen LogP contribution in [0.5, 0.6) is 0 Å². The number of hydrogen-bond acceptors (Lipinski definition) is 4. The Morgan fingerprint density at radius 2 is 2.27 bits per heavy atom. The zero-order valence-electron chi connectivity index (χ0n) is 8.52. The topological polar surface area (TPSA) is 70.0 Å². The van der Waals surface area contributed by atoms with E-state index in [0.29, 0.717) is 6.42 Å². The summed E-state index contributed by atoms with van der Waals surface area (Å²) in [6.07, 6.45) is 0.458. The summed E-state index contributed by atoms with van der Waals surface area (Å²) in [6.45, 7) is 3.60. The van der Waals surface area contributed by atoms with E-state index in [0.717, 1.165) is 4.88 Å². The molecular formula is C9H12N2O2S2. The van der Waals surface area contributed by atoms with E-state index in [1.54, 1.807) is 19.1 Å². The molecule has 1 aromatic rings. The van der Waals surface area contributed by atoms with Crippen LogP contribution in [0.1, 0.15) is 18.2 Å². The number of aryl methyl sites for hydroxylation is 1. The van der Waals surface area contributed by atoms with Crippen molar-refractivity contribution in [3.8, 4) is 6.07 Å². The van der Waals surface area contributed by atoms with E-state index >= 15 is 0 Å². The van der Waals surface area contributed by atoms with Crippen LogP contribution in [0.4, 0.5) is 0 Å². The molecule has 6 heteroatoms. The van der Waals surface area contributed by atoms with Crippen LogP contribution in [0.3, 0.4) is 0 Å². The molecule has 0 amide bonds. The second-order valence-corrected chi connectivity index (χ2v) is 6.31. The Kier molecular flexibility index (Phi) is 3.85. The minimum absolute atomic E-state index is 0.258. The van der Waals surface area contributed by atoms with Gasteiger partial charge in [-0.3, -0.25) is 0 Å². The Labute approximate surface area is 93.6 Å². The molecule has 4 nitrogen and oxygen atoms in total. The number of hydrogen-bond donors (Lipinski definition) is 1. The van der Waals surface area contributed by atoms with E-state index < -0.39 is 16.1 Å². The van der Waals surface area contributed by atoms with Crippen molar-refractivity contribution >= 4 is 21.4 Å². The highest BCUT2D eigenvalue weighted by Gasteiger charge is 2.19. The molecule has 0 aliphatic rings. The van der Waals surface area contributed by atoms with E-state index in [2.05, 4.69) is 4.72 Å². The molecule has 0 saturated carbocycles. The summed E-state index contributed by atoms with van der Waals surface area (Å²) in [5, 5.41) is 8.67. The maximum absolute atomic E-state index is 11.7. The molecule has 0 aromatic carbocycles. The van der Waals surface area contributed by atoms with Crippen LogP contribution in [0, 0.1) is 18.3 Å². The number of thiophene rings is 1. The Morgan fingerprint density at radius 3 is 2.67 bits per heavy atom. The van der Waals surface area contributed by atoms with Gasteiger partial charge in [-0.1, -0.05) is 6.92 Å². The van der Waals surface area contributed by atoms with Gasteiger partial charge in [0, 0.05) is 4.88 Å². The van der Waals surface area contributed by atoms with Gasteiger partial charge in [0.05, 0.1) is 6.07 Å². The fourth-order valence-corrected chi connectivity index (χ4v) is 3.53. The molecule has 1 unspecified atom stereocenters. The monoisotopic (exact) mass is 244 g/mol. The van der Waals surface area contributed by atoms with Crippen molar-refractivity contribution in [1.82, 2.24) is 4.72 Å². The number of rotatable bonds is 4. The van der Waals surface area contributed by atoms with Crippen molar-refractivity contribution < 1.29 is 8.42 Å². The van der Waals surface area contributed by atoms with Gasteiger partial charge in [0.2, 0.25) is 0 Å². The van der Waals surface area contributed by atoms with Gasteiger partial charge in [0.1, 0.15) is 10.3 Å². The number of nitrogens with one attached hydrogen (secondary N) is 1. The van der Waals surface area contributed by atoms with Crippen molar-refractivity contribution in [1.29, 1.82) is 5.26 Å². The van der Waals surface area contributed by atoms with E-state index in [1.165, 1.54) is 11.3 Å². The molecule has 0 aliphatic carbocycles. The largest absolute Gasteiger partial charge is 0.251 e. The van der Waals surface area contributed by atoms with Crippen LogP contribution < -0.4 is 4.72 Å². The van der Waals surface area contributed by atoms with Gasteiger partial charge >= 0.3 is 0 Å². The minimum atomic E-state index is -3.52. The number of nitriles is 1. The van der Waals surface area contributed by atoms with E-state index in [-0.39, 0.29) is 4.21 Å². The second kappa shape index (κ2) is 4.75. The fourth-order valence-electron chi connectivity index (χ4n) is 1.00. The smallest absolute Gasteiger partial charge is 0.206 e. The third-order valence-electron chi connectivity index (χ3n) is 1.84. The summed E-state index contributed by atoms with van der Waals surface area (Å²) in [5.41, 5.74) is 0. The predicted octanol–water partition coefficient (Wildman–Crippen LogP) is 1.64. The molecule has 0 fully saturated rings. The molecule has 0 radical (unpaired) electrons. The first kappa shape index (κ1) is 12.2. The highest BCUT2D eigenvalue weighted by Crippen LogP contribution is 2.20. The van der Waals surface area contributed by atoms with E-state index in [1.807, 2.05) is 13.0 Å². The van der Waals surface area contributed by atoms with Crippen molar-refractivity contribution in [2.45, 2.75) is 30.5 Å². The third-order valence-corrected chi connectivity index (χ3v) is 4.81. The molecule has 82 valence electrons. The standard InChI is InChI=1S/C9H12N2O2S2/c1-3-8(6-10)11-15(12,13)9-5-4-7(2)14-9/h4-5,8,11H,3H2,1-2H3. The van der Waals surface area contributed by atoms with Gasteiger partial charge in [-0.2, -0.15) is 9.98 Å². The first-order valence-electron chi connectivity index (χ1n) is 4.48. The molecule has 1 aromatic heterocycles. The Balaban J connectivity index is 2.90. The summed E-state index contributed by atoms with van der Waals surface area (Å²) in [5.74, 6) is 0. The zero-order chi connectivity index (χ0) is 11.5. The average molecular weight is 244 g/mol. The second-order valence-electron chi connectivity index (χ2n) is 3.08. The molecule has 0 aliphatic heterocycles.